The third-order valence-electron chi connectivity index (χ3n) is 3.57. The summed E-state index contributed by atoms with van der Waals surface area (Å²) in [6.07, 6.45) is 3.93. The summed E-state index contributed by atoms with van der Waals surface area (Å²) in [5.41, 5.74) is 9.06. The Balaban J connectivity index is 2.03. The number of aromatic amines is 1. The molecule has 3 aromatic heterocycles. The number of pyridine rings is 1. The number of nitrogens with two attached hydrogens (primary N) is 1. The number of nitrogens with one attached hydrogen (secondary N) is 1. The Hall–Kier alpha value is -3.03. The molecule has 0 aromatic carbocycles. The van der Waals surface area contributed by atoms with Gasteiger partial charge in [-0.25, -0.2) is 9.67 Å². The lowest BCUT2D eigenvalue weighted by Crippen LogP contribution is -2.14. The van der Waals surface area contributed by atoms with Crippen molar-refractivity contribution in [3.63, 3.8) is 0 Å². The zero-order chi connectivity index (χ0) is 16.4. The van der Waals surface area contributed by atoms with Crippen LogP contribution in [0.3, 0.4) is 0 Å². The van der Waals surface area contributed by atoms with E-state index in [1.807, 2.05) is 26.0 Å². The highest BCUT2D eigenvalue weighted by molar-refractivity contribution is 5.75. The highest BCUT2D eigenvalue weighted by atomic mass is 16.1. The number of carbonyl (C=O) groups is 1. The summed E-state index contributed by atoms with van der Waals surface area (Å²) in [4.78, 5) is 19.6. The van der Waals surface area contributed by atoms with Gasteiger partial charge in [-0.3, -0.25) is 14.9 Å². The molecule has 3 N–H and O–H groups in total. The number of carbonyl (C=O) groups excluding carboxylic acids is 1. The molecule has 0 saturated heterocycles. The van der Waals surface area contributed by atoms with E-state index in [9.17, 15) is 4.79 Å². The van der Waals surface area contributed by atoms with E-state index in [1.165, 1.54) is 0 Å². The molecule has 3 aromatic rings. The lowest BCUT2D eigenvalue weighted by molar-refractivity contribution is -0.117. The third-order valence-corrected chi connectivity index (χ3v) is 3.57. The molecule has 0 aliphatic rings. The van der Waals surface area contributed by atoms with Gasteiger partial charge in [-0.2, -0.15) is 10.2 Å². The van der Waals surface area contributed by atoms with Gasteiger partial charge in [0, 0.05) is 30.1 Å². The maximum Gasteiger partial charge on any atom is 0.225 e. The summed E-state index contributed by atoms with van der Waals surface area (Å²) in [6.45, 7) is 3.91. The van der Waals surface area contributed by atoms with Gasteiger partial charge in [0.1, 0.15) is 5.82 Å². The molecule has 0 saturated carbocycles. The first-order valence-electron chi connectivity index (χ1n) is 7.18. The van der Waals surface area contributed by atoms with Gasteiger partial charge in [-0.1, -0.05) is 0 Å². The fourth-order valence-corrected chi connectivity index (χ4v) is 2.42. The fraction of sp³-hybridized carbons (Fsp3) is 0.267. The molecule has 8 heteroatoms. The van der Waals surface area contributed by atoms with Crippen LogP contribution in [0.15, 0.2) is 24.5 Å². The highest BCUT2D eigenvalue weighted by Gasteiger charge is 2.16. The van der Waals surface area contributed by atoms with Crippen LogP contribution in [-0.2, 0) is 17.6 Å². The Bertz CT molecular complexity index is 815. The minimum absolute atomic E-state index is 0.00837. The second-order valence-electron chi connectivity index (χ2n) is 5.29. The number of amides is 1. The Morgan fingerprint density at radius 1 is 1.30 bits per heavy atom. The van der Waals surface area contributed by atoms with Crippen LogP contribution in [-0.4, -0.2) is 35.9 Å². The molecule has 0 bridgehead atoms. The van der Waals surface area contributed by atoms with E-state index in [0.29, 0.717) is 12.2 Å². The van der Waals surface area contributed by atoms with Gasteiger partial charge < -0.3 is 5.73 Å². The topological polar surface area (TPSA) is 115 Å². The van der Waals surface area contributed by atoms with Gasteiger partial charge in [0.25, 0.3) is 0 Å². The van der Waals surface area contributed by atoms with Gasteiger partial charge >= 0.3 is 0 Å². The van der Waals surface area contributed by atoms with Gasteiger partial charge in [0.15, 0.2) is 5.82 Å². The van der Waals surface area contributed by atoms with Gasteiger partial charge in [0.05, 0.1) is 17.8 Å². The summed E-state index contributed by atoms with van der Waals surface area (Å²) in [7, 11) is 0. The van der Waals surface area contributed by atoms with E-state index in [0.717, 1.165) is 28.5 Å². The molecule has 0 atom stereocenters. The zero-order valence-corrected chi connectivity index (χ0v) is 12.9. The normalized spacial score (nSPS) is 10.9. The predicted molar refractivity (Wildman–Crippen MR) is 82.9 cm³/mol. The number of aryl methyl sites for hydroxylation is 2. The number of primary amides is 1. The average Bonchev–Trinajstić information content (AvgIpc) is 3.06. The molecule has 0 radical (unpaired) electrons. The van der Waals surface area contributed by atoms with E-state index < -0.39 is 5.91 Å². The van der Waals surface area contributed by atoms with E-state index in [1.54, 1.807) is 17.1 Å². The van der Waals surface area contributed by atoms with Crippen molar-refractivity contribution in [1.29, 1.82) is 0 Å². The molecule has 3 heterocycles. The molecule has 8 nitrogen and oxygen atoms in total. The molecule has 0 fully saturated rings. The smallest absolute Gasteiger partial charge is 0.225 e. The van der Waals surface area contributed by atoms with Crippen LogP contribution in [0, 0.1) is 13.8 Å². The highest BCUT2D eigenvalue weighted by Crippen LogP contribution is 2.17. The minimum Gasteiger partial charge on any atom is -0.369 e. The first kappa shape index (κ1) is 14.9. The van der Waals surface area contributed by atoms with E-state index in [4.69, 9.17) is 5.73 Å². The Morgan fingerprint density at radius 2 is 2.04 bits per heavy atom. The summed E-state index contributed by atoms with van der Waals surface area (Å²) < 4.78 is 1.71. The fourth-order valence-electron chi connectivity index (χ4n) is 2.42. The molecule has 0 aliphatic heterocycles. The van der Waals surface area contributed by atoms with Crippen LogP contribution in [0.4, 0.5) is 0 Å². The SMILES string of the molecule is Cc1n[nH]c(C)c1Cc1nc(CC(N)=O)nn1-c1ccncc1. The minimum atomic E-state index is -0.459. The molecular weight excluding hydrogens is 294 g/mol. The second-order valence-corrected chi connectivity index (χ2v) is 5.29. The first-order valence-corrected chi connectivity index (χ1v) is 7.18. The van der Waals surface area contributed by atoms with E-state index >= 15 is 0 Å². The zero-order valence-electron chi connectivity index (χ0n) is 12.9. The van der Waals surface area contributed by atoms with Crippen LogP contribution in [0.25, 0.3) is 5.69 Å². The van der Waals surface area contributed by atoms with E-state index in [-0.39, 0.29) is 6.42 Å². The van der Waals surface area contributed by atoms with Crippen molar-refractivity contribution in [1.82, 2.24) is 29.9 Å². The first-order chi connectivity index (χ1) is 11.0. The van der Waals surface area contributed by atoms with Crippen molar-refractivity contribution in [3.8, 4) is 5.69 Å². The summed E-state index contributed by atoms with van der Waals surface area (Å²) in [6, 6.07) is 3.67. The van der Waals surface area contributed by atoms with Crippen molar-refractivity contribution in [2.75, 3.05) is 0 Å². The lowest BCUT2D eigenvalue weighted by Gasteiger charge is -2.05. The van der Waals surface area contributed by atoms with Crippen molar-refractivity contribution in [3.05, 3.63) is 53.1 Å². The quantitative estimate of drug-likeness (QED) is 0.716. The lowest BCUT2D eigenvalue weighted by atomic mass is 10.1. The van der Waals surface area contributed by atoms with Crippen LogP contribution in [0.2, 0.25) is 0 Å². The molecule has 118 valence electrons. The van der Waals surface area contributed by atoms with Gasteiger partial charge in [-0.05, 0) is 26.0 Å². The molecule has 1 amide bonds. The second kappa shape index (κ2) is 5.99. The Morgan fingerprint density at radius 3 is 2.65 bits per heavy atom. The van der Waals surface area contributed by atoms with Crippen LogP contribution in [0.1, 0.15) is 28.6 Å². The summed E-state index contributed by atoms with van der Waals surface area (Å²) >= 11 is 0. The molecule has 0 spiro atoms. The molecule has 0 aliphatic carbocycles. The average molecular weight is 311 g/mol. The molecular formula is C15H17N7O. The number of hydrogen-bond acceptors (Lipinski definition) is 5. The van der Waals surface area contributed by atoms with Crippen LogP contribution >= 0.6 is 0 Å². The maximum atomic E-state index is 11.2. The Labute approximate surface area is 132 Å². The summed E-state index contributed by atoms with van der Waals surface area (Å²) in [5.74, 6) is 0.669. The van der Waals surface area contributed by atoms with Crippen molar-refractivity contribution in [2.45, 2.75) is 26.7 Å². The summed E-state index contributed by atoms with van der Waals surface area (Å²) in [5, 5.41) is 11.6. The molecule has 3 rings (SSSR count). The van der Waals surface area contributed by atoms with Crippen LogP contribution < -0.4 is 5.73 Å². The van der Waals surface area contributed by atoms with Gasteiger partial charge in [-0.15, -0.1) is 0 Å². The third kappa shape index (κ3) is 3.10. The predicted octanol–water partition coefficient (Wildman–Crippen LogP) is 0.621. The number of aromatic nitrogens is 6. The van der Waals surface area contributed by atoms with Crippen molar-refractivity contribution >= 4 is 5.91 Å². The number of nitrogens with zero attached hydrogens (tertiary/aromatic N) is 5. The van der Waals surface area contributed by atoms with E-state index in [2.05, 4.69) is 25.3 Å². The molecule has 23 heavy (non-hydrogen) atoms. The number of rotatable bonds is 5. The monoisotopic (exact) mass is 311 g/mol. The molecule has 0 unspecified atom stereocenters. The van der Waals surface area contributed by atoms with Crippen molar-refractivity contribution < 1.29 is 4.79 Å². The van der Waals surface area contributed by atoms with Crippen molar-refractivity contribution in [2.24, 2.45) is 5.73 Å². The van der Waals surface area contributed by atoms with Crippen LogP contribution in [0.5, 0.6) is 0 Å². The number of hydrogen-bond donors (Lipinski definition) is 2. The standard InChI is InChI=1S/C15H17N7O/c1-9-12(10(2)20-19-9)7-15-18-14(8-13(16)23)21-22(15)11-3-5-17-6-4-11/h3-6H,7-8H2,1-2H3,(H2,16,23)(H,19,20). The largest absolute Gasteiger partial charge is 0.369 e. The maximum absolute atomic E-state index is 11.2. The van der Waals surface area contributed by atoms with Gasteiger partial charge in [0.2, 0.25) is 5.91 Å². The number of H-pyrrole nitrogens is 1. The Kier molecular flexibility index (Phi) is 3.88.